The van der Waals surface area contributed by atoms with E-state index in [1.165, 1.54) is 12.1 Å². The zero-order valence-electron chi connectivity index (χ0n) is 9.70. The second-order valence-corrected chi connectivity index (χ2v) is 3.91. The Labute approximate surface area is 104 Å². The molecule has 2 nitrogen and oxygen atoms in total. The van der Waals surface area contributed by atoms with Crippen LogP contribution in [0.5, 0.6) is 0 Å². The molecule has 0 saturated carbocycles. The predicted octanol–water partition coefficient (Wildman–Crippen LogP) is 3.06. The van der Waals surface area contributed by atoms with Gasteiger partial charge in [0.1, 0.15) is 11.6 Å². The molecular weight excluding hydrogens is 236 g/mol. The molecule has 0 unspecified atom stereocenters. The topological polar surface area (TPSA) is 35.2 Å². The Kier molecular flexibility index (Phi) is 4.02. The summed E-state index contributed by atoms with van der Waals surface area (Å²) in [7, 11) is 0. The zero-order valence-corrected chi connectivity index (χ0v) is 9.70. The normalized spacial score (nSPS) is 10.6. The third kappa shape index (κ3) is 2.72. The number of benzene rings is 2. The Morgan fingerprint density at radius 2 is 1.67 bits per heavy atom. The van der Waals surface area contributed by atoms with Gasteiger partial charge in [-0.25, -0.2) is 14.7 Å². The van der Waals surface area contributed by atoms with Crippen molar-refractivity contribution >= 4 is 0 Å². The molecule has 0 aliphatic rings. The van der Waals surface area contributed by atoms with Gasteiger partial charge in [-0.05, 0) is 30.2 Å². The Bertz CT molecular complexity index is 543. The second kappa shape index (κ2) is 5.71. The van der Waals surface area contributed by atoms with Crippen molar-refractivity contribution in [2.75, 3.05) is 6.61 Å². The van der Waals surface area contributed by atoms with Crippen LogP contribution in [0.3, 0.4) is 0 Å². The van der Waals surface area contributed by atoms with Gasteiger partial charge in [0, 0.05) is 11.1 Å². The van der Waals surface area contributed by atoms with Crippen LogP contribution in [0.15, 0.2) is 42.5 Å². The molecule has 94 valence electrons. The lowest BCUT2D eigenvalue weighted by Gasteiger charge is -2.07. The Hall–Kier alpha value is -1.78. The Morgan fingerprint density at radius 3 is 2.39 bits per heavy atom. The average molecular weight is 249 g/mol. The maximum atomic E-state index is 13.7. The lowest BCUT2D eigenvalue weighted by atomic mass is 10.0. The van der Waals surface area contributed by atoms with Crippen LogP contribution in [0.1, 0.15) is 5.56 Å². The maximum absolute atomic E-state index is 13.7. The van der Waals surface area contributed by atoms with Crippen molar-refractivity contribution in [3.05, 3.63) is 59.7 Å². The Morgan fingerprint density at radius 1 is 0.944 bits per heavy atom. The van der Waals surface area contributed by atoms with E-state index >= 15 is 0 Å². The number of rotatable bonds is 4. The van der Waals surface area contributed by atoms with Gasteiger partial charge < -0.3 is 4.84 Å². The smallest absolute Gasteiger partial charge is 0.131 e. The fourth-order valence-electron chi connectivity index (χ4n) is 1.79. The van der Waals surface area contributed by atoms with Gasteiger partial charge in [-0.15, -0.1) is 0 Å². The molecule has 0 saturated heterocycles. The molecule has 18 heavy (non-hydrogen) atoms. The summed E-state index contributed by atoms with van der Waals surface area (Å²) >= 11 is 0. The van der Waals surface area contributed by atoms with Crippen molar-refractivity contribution in [1.29, 1.82) is 0 Å². The highest BCUT2D eigenvalue weighted by atomic mass is 19.1. The number of halogens is 2. The average Bonchev–Trinajstić information content (AvgIpc) is 2.39. The van der Waals surface area contributed by atoms with Gasteiger partial charge in [-0.2, -0.15) is 0 Å². The first-order valence-electron chi connectivity index (χ1n) is 5.57. The zero-order chi connectivity index (χ0) is 13.0. The molecule has 2 aromatic carbocycles. The summed E-state index contributed by atoms with van der Waals surface area (Å²) in [6.07, 6.45) is 0.554. The first kappa shape index (κ1) is 12.7. The van der Waals surface area contributed by atoms with Crippen LogP contribution in [0, 0.1) is 11.6 Å². The standard InChI is InChI=1S/C14H13F2NO/c15-13-4-2-1-3-11(13)12-9-10(7-8-18-17)5-6-14(12)16/h1-6,9H,7-8,17H2. The van der Waals surface area contributed by atoms with Crippen LogP contribution in [0.25, 0.3) is 11.1 Å². The van der Waals surface area contributed by atoms with Crippen LogP contribution in [0.2, 0.25) is 0 Å². The highest BCUT2D eigenvalue weighted by molar-refractivity contribution is 5.65. The fourth-order valence-corrected chi connectivity index (χ4v) is 1.79. The fraction of sp³-hybridized carbons (Fsp3) is 0.143. The molecule has 0 atom stereocenters. The minimum Gasteiger partial charge on any atom is -0.304 e. The van der Waals surface area contributed by atoms with E-state index in [1.54, 1.807) is 30.3 Å². The van der Waals surface area contributed by atoms with E-state index in [9.17, 15) is 8.78 Å². The van der Waals surface area contributed by atoms with Gasteiger partial charge in [0.15, 0.2) is 0 Å². The summed E-state index contributed by atoms with van der Waals surface area (Å²) < 4.78 is 27.4. The van der Waals surface area contributed by atoms with Crippen LogP contribution < -0.4 is 5.90 Å². The first-order chi connectivity index (χ1) is 8.72. The third-order valence-corrected chi connectivity index (χ3v) is 2.70. The first-order valence-corrected chi connectivity index (χ1v) is 5.57. The van der Waals surface area contributed by atoms with E-state index in [2.05, 4.69) is 4.84 Å². The highest BCUT2D eigenvalue weighted by Crippen LogP contribution is 2.26. The van der Waals surface area contributed by atoms with E-state index in [4.69, 9.17) is 5.90 Å². The van der Waals surface area contributed by atoms with Crippen molar-refractivity contribution < 1.29 is 13.6 Å². The molecule has 0 radical (unpaired) electrons. The third-order valence-electron chi connectivity index (χ3n) is 2.70. The van der Waals surface area contributed by atoms with Crippen molar-refractivity contribution in [2.24, 2.45) is 5.90 Å². The van der Waals surface area contributed by atoms with Gasteiger partial charge in [0.05, 0.1) is 6.61 Å². The minimum atomic E-state index is -0.447. The molecule has 2 aromatic rings. The van der Waals surface area contributed by atoms with Crippen LogP contribution in [0.4, 0.5) is 8.78 Å². The molecule has 2 N–H and O–H groups in total. The quantitative estimate of drug-likeness (QED) is 0.845. The molecule has 4 heteroatoms. The molecule has 0 aliphatic carbocycles. The van der Waals surface area contributed by atoms with Crippen LogP contribution in [-0.2, 0) is 11.3 Å². The molecule has 0 heterocycles. The van der Waals surface area contributed by atoms with E-state index in [-0.39, 0.29) is 11.1 Å². The molecular formula is C14H13F2NO. The summed E-state index contributed by atoms with van der Waals surface area (Å²) in [5.41, 5.74) is 1.35. The minimum absolute atomic E-state index is 0.252. The van der Waals surface area contributed by atoms with Gasteiger partial charge in [-0.3, -0.25) is 0 Å². The summed E-state index contributed by atoms with van der Waals surface area (Å²) in [6, 6.07) is 10.7. The van der Waals surface area contributed by atoms with E-state index in [0.29, 0.717) is 13.0 Å². The molecule has 0 aliphatic heterocycles. The molecule has 0 aromatic heterocycles. The molecule has 0 bridgehead atoms. The van der Waals surface area contributed by atoms with Gasteiger partial charge >= 0.3 is 0 Å². The number of hydrogen-bond acceptors (Lipinski definition) is 2. The monoisotopic (exact) mass is 249 g/mol. The van der Waals surface area contributed by atoms with E-state index in [1.807, 2.05) is 0 Å². The van der Waals surface area contributed by atoms with Crippen molar-refractivity contribution in [1.82, 2.24) is 0 Å². The van der Waals surface area contributed by atoms with Crippen molar-refractivity contribution in [3.63, 3.8) is 0 Å². The molecule has 0 fully saturated rings. The lowest BCUT2D eigenvalue weighted by molar-refractivity contribution is 0.141. The predicted molar refractivity (Wildman–Crippen MR) is 65.6 cm³/mol. The summed E-state index contributed by atoms with van der Waals surface area (Å²) in [5, 5.41) is 0. The molecule has 2 rings (SSSR count). The van der Waals surface area contributed by atoms with Crippen LogP contribution in [-0.4, -0.2) is 6.61 Å². The summed E-state index contributed by atoms with van der Waals surface area (Å²) in [4.78, 5) is 4.48. The van der Waals surface area contributed by atoms with E-state index in [0.717, 1.165) is 5.56 Å². The van der Waals surface area contributed by atoms with Gasteiger partial charge in [-0.1, -0.05) is 24.3 Å². The summed E-state index contributed by atoms with van der Waals surface area (Å²) in [6.45, 7) is 0.336. The molecule has 0 amide bonds. The lowest BCUT2D eigenvalue weighted by Crippen LogP contribution is -2.04. The van der Waals surface area contributed by atoms with Gasteiger partial charge in [0.25, 0.3) is 0 Å². The van der Waals surface area contributed by atoms with Crippen LogP contribution >= 0.6 is 0 Å². The van der Waals surface area contributed by atoms with E-state index < -0.39 is 11.6 Å². The number of hydrogen-bond donors (Lipinski definition) is 1. The van der Waals surface area contributed by atoms with Gasteiger partial charge in [0.2, 0.25) is 0 Å². The SMILES string of the molecule is NOCCc1ccc(F)c(-c2ccccc2F)c1. The highest BCUT2D eigenvalue weighted by Gasteiger charge is 2.10. The maximum Gasteiger partial charge on any atom is 0.131 e. The number of nitrogens with two attached hydrogens (primary N) is 1. The molecule has 0 spiro atoms. The summed E-state index contributed by atoms with van der Waals surface area (Å²) in [5.74, 6) is 4.06. The van der Waals surface area contributed by atoms with Crippen molar-refractivity contribution in [2.45, 2.75) is 6.42 Å². The Balaban J connectivity index is 2.40. The largest absolute Gasteiger partial charge is 0.304 e. The van der Waals surface area contributed by atoms with Crippen molar-refractivity contribution in [3.8, 4) is 11.1 Å². The second-order valence-electron chi connectivity index (χ2n) is 3.91.